The second kappa shape index (κ2) is 25.3. The van der Waals surface area contributed by atoms with Gasteiger partial charge in [-0.3, -0.25) is 22.6 Å². The molecule has 0 radical (unpaired) electrons. The van der Waals surface area contributed by atoms with E-state index in [1.807, 2.05) is 0 Å². The molecule has 0 N–H and O–H groups in total. The number of para-hydroxylation sites is 4. The standard InChI is InChI=1S/C27H30N4.C15H16N2.C13H11N.C4H11N.2W/c1-28(2)17-20-7-11-23(12-8-20)31-26-13-9-21(18-29(3)4)15-24(26)25-16-22(19-30(5)6)10-14-27(25)31;1-16(2)11-17-14-9-5-3-7-12(14)13-8-4-6-10-15(13)17;1-14-12-8-4-2-6-10(12)11-7-3-5-9-13(11)14;1-4-5(2)3;;/h7-10,15-16H,17-19H2,1-6H3;3-10H,11H2,1-2H3;2-9H,1H3;4H2,1-3H3;;/q-4;;;;2*+2. The monoisotopic (exact) mass is 1260 g/mol. The van der Waals surface area contributed by atoms with Crippen molar-refractivity contribution in [2.24, 2.45) is 7.05 Å². The second-order valence-electron chi connectivity index (χ2n) is 18.8. The molecular weight excluding hydrogens is 1190 g/mol. The maximum atomic E-state index is 3.55. The molecule has 0 bridgehead atoms. The minimum Gasteiger partial charge on any atom is -0.406 e. The molecule has 0 fully saturated rings. The summed E-state index contributed by atoms with van der Waals surface area (Å²) < 4.78 is 6.79. The molecule has 8 nitrogen and oxygen atoms in total. The van der Waals surface area contributed by atoms with Crippen molar-refractivity contribution in [2.45, 2.75) is 33.2 Å². The van der Waals surface area contributed by atoms with Crippen LogP contribution in [0.4, 0.5) is 0 Å². The molecule has 69 heavy (non-hydrogen) atoms. The SMILES string of the molecule is CCN(C)C.CN(C)Cc1c[c-]c(-n2c3[c-]cc(CN(C)C)cc3c3cc(CN(C)C)c[c-]c32)[c-]c1.CN(C)Cn1c2ccccc2c2ccccc21.Cn1c2ccccc2c2ccccc21.[W+2].[W+2]. The summed E-state index contributed by atoms with van der Waals surface area (Å²) >= 11 is 0. The van der Waals surface area contributed by atoms with Crippen molar-refractivity contribution >= 4 is 65.4 Å². The van der Waals surface area contributed by atoms with Crippen LogP contribution < -0.4 is 0 Å². The summed E-state index contributed by atoms with van der Waals surface area (Å²) in [5.41, 5.74) is 11.9. The fourth-order valence-corrected chi connectivity index (χ4v) is 8.64. The van der Waals surface area contributed by atoms with E-state index in [9.17, 15) is 0 Å². The zero-order chi connectivity index (χ0) is 47.8. The van der Waals surface area contributed by atoms with Gasteiger partial charge < -0.3 is 45.4 Å². The first-order valence-electron chi connectivity index (χ1n) is 23.2. The van der Waals surface area contributed by atoms with E-state index in [4.69, 9.17) is 0 Å². The minimum absolute atomic E-state index is 0. The van der Waals surface area contributed by atoms with E-state index >= 15 is 0 Å². The van der Waals surface area contributed by atoms with E-state index in [1.165, 1.54) is 71.1 Å². The van der Waals surface area contributed by atoms with Gasteiger partial charge in [-0.1, -0.05) is 97.3 Å². The quantitative estimate of drug-likeness (QED) is 0.127. The Labute approximate surface area is 440 Å². The summed E-state index contributed by atoms with van der Waals surface area (Å²) in [5.74, 6) is 0. The van der Waals surface area contributed by atoms with Gasteiger partial charge in [0.2, 0.25) is 0 Å². The predicted molar refractivity (Wildman–Crippen MR) is 286 cm³/mol. The van der Waals surface area contributed by atoms with Crippen LogP contribution in [0.1, 0.15) is 23.6 Å². The Morgan fingerprint density at radius 2 is 0.739 bits per heavy atom. The Kier molecular flexibility index (Phi) is 20.2. The largest absolute Gasteiger partial charge is 2.00 e. The van der Waals surface area contributed by atoms with Gasteiger partial charge in [0.15, 0.2) is 0 Å². The van der Waals surface area contributed by atoms with Crippen molar-refractivity contribution in [3.8, 4) is 5.69 Å². The molecule has 10 aromatic rings. The first-order chi connectivity index (χ1) is 32.2. The second-order valence-corrected chi connectivity index (χ2v) is 18.8. The van der Waals surface area contributed by atoms with Gasteiger partial charge in [0.25, 0.3) is 0 Å². The number of fused-ring (bicyclic) bond motifs is 9. The topological polar surface area (TPSA) is 31.0 Å². The van der Waals surface area contributed by atoms with E-state index in [2.05, 4.69) is 280 Å². The van der Waals surface area contributed by atoms with E-state index in [0.29, 0.717) is 0 Å². The molecule has 3 heterocycles. The van der Waals surface area contributed by atoms with Gasteiger partial charge in [0, 0.05) is 39.6 Å². The van der Waals surface area contributed by atoms with Crippen molar-refractivity contribution < 1.29 is 42.1 Å². The molecule has 0 saturated heterocycles. The Balaban J connectivity index is 0.000000196. The molecular formula is C59H68N8W2. The number of rotatable bonds is 10. The maximum absolute atomic E-state index is 3.55. The Morgan fingerprint density at radius 3 is 1.10 bits per heavy atom. The molecule has 0 aliphatic heterocycles. The van der Waals surface area contributed by atoms with Crippen LogP contribution >= 0.6 is 0 Å². The zero-order valence-electron chi connectivity index (χ0n) is 42.6. The molecule has 356 valence electrons. The molecule has 0 saturated carbocycles. The smallest absolute Gasteiger partial charge is 0.406 e. The van der Waals surface area contributed by atoms with Gasteiger partial charge in [-0.2, -0.15) is 47.2 Å². The molecule has 0 aliphatic rings. The first-order valence-corrected chi connectivity index (χ1v) is 23.2. The average molecular weight is 1260 g/mol. The van der Waals surface area contributed by atoms with Crippen molar-refractivity contribution in [3.63, 3.8) is 0 Å². The van der Waals surface area contributed by atoms with Crippen LogP contribution in [0.15, 0.2) is 133 Å². The van der Waals surface area contributed by atoms with E-state index in [1.54, 1.807) is 0 Å². The van der Waals surface area contributed by atoms with Crippen molar-refractivity contribution in [2.75, 3.05) is 77.0 Å². The van der Waals surface area contributed by atoms with Gasteiger partial charge in [0.1, 0.15) is 0 Å². The Morgan fingerprint density at radius 1 is 0.406 bits per heavy atom. The maximum Gasteiger partial charge on any atom is 2.00 e. The van der Waals surface area contributed by atoms with Gasteiger partial charge >= 0.3 is 42.1 Å². The van der Waals surface area contributed by atoms with Crippen LogP contribution in [-0.2, 0) is 75.5 Å². The van der Waals surface area contributed by atoms with Gasteiger partial charge in [-0.25, -0.2) is 5.69 Å². The first kappa shape index (κ1) is 55.0. The van der Waals surface area contributed by atoms with Crippen molar-refractivity contribution in [1.82, 2.24) is 38.2 Å². The van der Waals surface area contributed by atoms with E-state index < -0.39 is 0 Å². The number of hydrogen-bond donors (Lipinski definition) is 0. The van der Waals surface area contributed by atoms with Crippen molar-refractivity contribution in [1.29, 1.82) is 0 Å². The van der Waals surface area contributed by atoms with Gasteiger partial charge in [-0.15, -0.1) is 11.1 Å². The van der Waals surface area contributed by atoms with Crippen molar-refractivity contribution in [3.05, 3.63) is 174 Å². The Bertz CT molecular complexity index is 3020. The minimum atomic E-state index is 0. The number of benzene rings is 7. The van der Waals surface area contributed by atoms with Crippen LogP contribution in [0.3, 0.4) is 0 Å². The van der Waals surface area contributed by atoms with Crippen LogP contribution in [0, 0.1) is 24.3 Å². The molecule has 10 heteroatoms. The molecule has 0 atom stereocenters. The average Bonchev–Trinajstić information content (AvgIpc) is 3.91. The fraction of sp³-hybridized carbons (Fsp3) is 0.288. The summed E-state index contributed by atoms with van der Waals surface area (Å²) in [6.07, 6.45) is 0. The third-order valence-electron chi connectivity index (χ3n) is 11.8. The normalized spacial score (nSPS) is 11.3. The number of aryl methyl sites for hydroxylation is 1. The molecule has 0 unspecified atom stereocenters. The van der Waals surface area contributed by atoms with Gasteiger partial charge in [-0.05, 0) is 114 Å². The van der Waals surface area contributed by atoms with Gasteiger partial charge in [0.05, 0.1) is 17.7 Å². The Hall–Kier alpha value is -4.88. The van der Waals surface area contributed by atoms with Crippen LogP contribution in [0.2, 0.25) is 0 Å². The molecule has 3 aromatic heterocycles. The zero-order valence-corrected chi connectivity index (χ0v) is 48.5. The van der Waals surface area contributed by atoms with Crippen LogP contribution in [0.25, 0.3) is 71.1 Å². The molecule has 0 aliphatic carbocycles. The summed E-state index contributed by atoms with van der Waals surface area (Å²) in [6, 6.07) is 61.1. The predicted octanol–water partition coefficient (Wildman–Crippen LogP) is 11.4. The molecule has 0 amide bonds. The molecule has 0 spiro atoms. The third-order valence-corrected chi connectivity index (χ3v) is 11.8. The molecule has 7 aromatic carbocycles. The third kappa shape index (κ3) is 13.3. The molecule has 10 rings (SSSR count). The van der Waals surface area contributed by atoms with Crippen LogP contribution in [-0.4, -0.2) is 115 Å². The van der Waals surface area contributed by atoms with E-state index in [0.717, 1.165) is 49.6 Å². The number of aromatic nitrogens is 3. The fourth-order valence-electron chi connectivity index (χ4n) is 8.64. The van der Waals surface area contributed by atoms with E-state index in [-0.39, 0.29) is 42.1 Å². The summed E-state index contributed by atoms with van der Waals surface area (Å²) in [7, 11) is 22.9. The number of hydrogen-bond acceptors (Lipinski definition) is 5. The summed E-state index contributed by atoms with van der Waals surface area (Å²) in [4.78, 5) is 10.8. The van der Waals surface area contributed by atoms with Crippen LogP contribution in [0.5, 0.6) is 0 Å². The number of nitrogens with zero attached hydrogens (tertiary/aromatic N) is 8. The summed E-state index contributed by atoms with van der Waals surface area (Å²) in [5, 5.41) is 7.75. The summed E-state index contributed by atoms with van der Waals surface area (Å²) in [6.45, 7) is 6.82.